The Balaban J connectivity index is 1.81. The summed E-state index contributed by atoms with van der Waals surface area (Å²) in [7, 11) is 0. The number of benzene rings is 2. The zero-order valence-corrected chi connectivity index (χ0v) is 13.8. The molecule has 2 aromatic rings. The molecule has 0 saturated heterocycles. The zero-order valence-electron chi connectivity index (χ0n) is 12.2. The summed E-state index contributed by atoms with van der Waals surface area (Å²) in [6.07, 6.45) is 8.07. The summed E-state index contributed by atoms with van der Waals surface area (Å²) in [5, 5.41) is 2.70. The molecular weight excluding hydrogens is 308 g/mol. The van der Waals surface area contributed by atoms with Gasteiger partial charge in [0.15, 0.2) is 0 Å². The van der Waals surface area contributed by atoms with Crippen molar-refractivity contribution in [2.24, 2.45) is 5.41 Å². The van der Waals surface area contributed by atoms with E-state index in [4.69, 9.17) is 0 Å². The van der Waals surface area contributed by atoms with Crippen LogP contribution in [-0.2, 0) is 6.42 Å². The first-order valence-electron chi connectivity index (χ1n) is 7.85. The van der Waals surface area contributed by atoms with Crippen molar-refractivity contribution in [3.8, 4) is 0 Å². The molecule has 0 N–H and O–H groups in total. The third-order valence-electron chi connectivity index (χ3n) is 5.20. The third-order valence-corrected chi connectivity index (χ3v) is 6.49. The van der Waals surface area contributed by atoms with Crippen molar-refractivity contribution in [1.29, 1.82) is 0 Å². The largest absolute Gasteiger partial charge is 0.0881 e. The van der Waals surface area contributed by atoms with Gasteiger partial charge < -0.3 is 0 Å². The van der Waals surface area contributed by atoms with Crippen LogP contribution in [0.1, 0.15) is 44.6 Å². The minimum atomic E-state index is 0.533. The van der Waals surface area contributed by atoms with Gasteiger partial charge in [0.25, 0.3) is 0 Å². The number of halogens is 1. The first-order chi connectivity index (χ1) is 9.73. The molecule has 0 amide bonds. The van der Waals surface area contributed by atoms with Crippen molar-refractivity contribution in [3.05, 3.63) is 48.0 Å². The monoisotopic (exact) mass is 330 g/mol. The summed E-state index contributed by atoms with van der Waals surface area (Å²) in [6.45, 7) is 2.36. The highest BCUT2D eigenvalue weighted by Crippen LogP contribution is 2.47. The molecule has 0 heterocycles. The molecule has 0 radical (unpaired) electrons. The Morgan fingerprint density at radius 3 is 2.45 bits per heavy atom. The van der Waals surface area contributed by atoms with Crippen molar-refractivity contribution in [3.63, 3.8) is 0 Å². The first-order valence-corrected chi connectivity index (χ1v) is 8.77. The van der Waals surface area contributed by atoms with E-state index >= 15 is 0 Å². The van der Waals surface area contributed by atoms with Crippen LogP contribution in [0.4, 0.5) is 0 Å². The van der Waals surface area contributed by atoms with E-state index in [0.717, 1.165) is 6.42 Å². The standard InChI is InChI=1S/C19H23Br/c1-2-19(11-5-6-12-19)18(20)14-15-9-10-16-7-3-4-8-17(16)13-15/h3-4,7-10,13,18H,2,5-6,11-12,14H2,1H3. The predicted octanol–water partition coefficient (Wildman–Crippen LogP) is 6.12. The van der Waals surface area contributed by atoms with Crippen molar-refractivity contribution in [1.82, 2.24) is 0 Å². The molecule has 1 aliphatic rings. The lowest BCUT2D eigenvalue weighted by molar-refractivity contribution is 0.275. The molecule has 0 spiro atoms. The minimum Gasteiger partial charge on any atom is -0.0881 e. The third kappa shape index (κ3) is 2.65. The lowest BCUT2D eigenvalue weighted by Crippen LogP contribution is -2.29. The van der Waals surface area contributed by atoms with Gasteiger partial charge >= 0.3 is 0 Å². The van der Waals surface area contributed by atoms with Gasteiger partial charge in [0.05, 0.1) is 0 Å². The van der Waals surface area contributed by atoms with Gasteiger partial charge in [-0.3, -0.25) is 0 Å². The molecule has 3 rings (SSSR count). The van der Waals surface area contributed by atoms with E-state index in [1.165, 1.54) is 48.4 Å². The topological polar surface area (TPSA) is 0 Å². The molecule has 20 heavy (non-hydrogen) atoms. The second-order valence-corrected chi connectivity index (χ2v) is 7.38. The summed E-state index contributed by atoms with van der Waals surface area (Å²) in [4.78, 5) is 0.615. The van der Waals surface area contributed by atoms with Gasteiger partial charge in [-0.1, -0.05) is 78.2 Å². The number of alkyl halides is 1. The van der Waals surface area contributed by atoms with Crippen LogP contribution in [0.3, 0.4) is 0 Å². The summed E-state index contributed by atoms with van der Waals surface area (Å²) >= 11 is 4.02. The van der Waals surface area contributed by atoms with Gasteiger partial charge in [-0.05, 0) is 47.4 Å². The quantitative estimate of drug-likeness (QED) is 0.592. The van der Waals surface area contributed by atoms with E-state index in [1.54, 1.807) is 0 Å². The fraction of sp³-hybridized carbons (Fsp3) is 0.474. The van der Waals surface area contributed by atoms with Gasteiger partial charge in [-0.2, -0.15) is 0 Å². The van der Waals surface area contributed by atoms with Gasteiger partial charge in [0.2, 0.25) is 0 Å². The molecule has 0 aliphatic heterocycles. The van der Waals surface area contributed by atoms with Crippen molar-refractivity contribution >= 4 is 26.7 Å². The first kappa shape index (κ1) is 14.1. The molecular formula is C19H23Br. The number of hydrogen-bond donors (Lipinski definition) is 0. The molecule has 1 heteroatoms. The molecule has 0 nitrogen and oxygen atoms in total. The Hall–Kier alpha value is -0.820. The van der Waals surface area contributed by atoms with Crippen molar-refractivity contribution in [2.75, 3.05) is 0 Å². The Morgan fingerprint density at radius 2 is 1.75 bits per heavy atom. The van der Waals surface area contributed by atoms with Crippen LogP contribution < -0.4 is 0 Å². The highest BCUT2D eigenvalue weighted by Gasteiger charge is 2.38. The summed E-state index contributed by atoms with van der Waals surface area (Å²) in [5.41, 5.74) is 2.00. The van der Waals surface area contributed by atoms with E-state index in [2.05, 4.69) is 65.3 Å². The Bertz CT molecular complexity index is 581. The maximum atomic E-state index is 4.02. The van der Waals surface area contributed by atoms with Crippen LogP contribution in [-0.4, -0.2) is 4.83 Å². The smallest absolute Gasteiger partial charge is 0.0242 e. The Morgan fingerprint density at radius 1 is 1.05 bits per heavy atom. The van der Waals surface area contributed by atoms with Gasteiger partial charge in [-0.25, -0.2) is 0 Å². The SMILES string of the molecule is CCC1(C(Br)Cc2ccc3ccccc3c2)CCCC1. The number of hydrogen-bond acceptors (Lipinski definition) is 0. The molecule has 1 fully saturated rings. The molecule has 0 aromatic heterocycles. The number of rotatable bonds is 4. The summed E-state index contributed by atoms with van der Waals surface area (Å²) < 4.78 is 0. The molecule has 106 valence electrons. The van der Waals surface area contributed by atoms with E-state index < -0.39 is 0 Å². The lowest BCUT2D eigenvalue weighted by Gasteiger charge is -2.33. The van der Waals surface area contributed by atoms with Crippen LogP contribution in [0, 0.1) is 5.41 Å². The van der Waals surface area contributed by atoms with Gasteiger partial charge in [-0.15, -0.1) is 0 Å². The molecule has 0 bridgehead atoms. The maximum absolute atomic E-state index is 4.02. The summed E-state index contributed by atoms with van der Waals surface area (Å²) in [6, 6.07) is 15.6. The van der Waals surface area contributed by atoms with Crippen molar-refractivity contribution in [2.45, 2.75) is 50.3 Å². The maximum Gasteiger partial charge on any atom is 0.0242 e. The molecule has 1 aliphatic carbocycles. The van der Waals surface area contributed by atoms with Crippen molar-refractivity contribution < 1.29 is 0 Å². The molecule has 1 atom stereocenters. The van der Waals surface area contributed by atoms with E-state index in [0.29, 0.717) is 10.2 Å². The average Bonchev–Trinajstić information content (AvgIpc) is 2.97. The fourth-order valence-electron chi connectivity index (χ4n) is 3.76. The molecule has 1 saturated carbocycles. The lowest BCUT2D eigenvalue weighted by atomic mass is 9.78. The van der Waals surface area contributed by atoms with Gasteiger partial charge in [0.1, 0.15) is 0 Å². The second kappa shape index (κ2) is 5.89. The van der Waals surface area contributed by atoms with E-state index in [9.17, 15) is 0 Å². The van der Waals surface area contributed by atoms with E-state index in [-0.39, 0.29) is 0 Å². The number of fused-ring (bicyclic) bond motifs is 1. The Labute approximate surface area is 130 Å². The molecule has 1 unspecified atom stereocenters. The summed E-state index contributed by atoms with van der Waals surface area (Å²) in [5.74, 6) is 0. The van der Waals surface area contributed by atoms with Crippen LogP contribution in [0.15, 0.2) is 42.5 Å². The zero-order chi connectivity index (χ0) is 14.0. The fourth-order valence-corrected chi connectivity index (χ4v) is 4.91. The Kier molecular flexibility index (Phi) is 4.16. The highest BCUT2D eigenvalue weighted by atomic mass is 79.9. The van der Waals surface area contributed by atoms with Crippen LogP contribution in [0.2, 0.25) is 0 Å². The molecule has 2 aromatic carbocycles. The minimum absolute atomic E-state index is 0.533. The second-order valence-electron chi connectivity index (χ2n) is 6.28. The highest BCUT2D eigenvalue weighted by molar-refractivity contribution is 9.09. The van der Waals surface area contributed by atoms with Crippen LogP contribution >= 0.6 is 15.9 Å². The average molecular weight is 331 g/mol. The normalized spacial score (nSPS) is 19.3. The van der Waals surface area contributed by atoms with Gasteiger partial charge in [0, 0.05) is 4.83 Å². The van der Waals surface area contributed by atoms with Crippen LogP contribution in [0.25, 0.3) is 10.8 Å². The van der Waals surface area contributed by atoms with Crippen LogP contribution in [0.5, 0.6) is 0 Å². The van der Waals surface area contributed by atoms with E-state index in [1.807, 2.05) is 0 Å². The predicted molar refractivity (Wildman–Crippen MR) is 91.6 cm³/mol.